The lowest BCUT2D eigenvalue weighted by Crippen LogP contribution is -2.42. The standard InChI is InChI=1S/C19H22N2O2/c22-19(23-15-17-4-2-1-3-5-17)18-8-6-16(7-9-18)14-21-12-10-20-11-13-21/h1-9,20H,10-15H2. The van der Waals surface area contributed by atoms with E-state index in [0.29, 0.717) is 12.2 Å². The van der Waals surface area contributed by atoms with Crippen LogP contribution in [0.25, 0.3) is 0 Å². The normalized spacial score (nSPS) is 15.3. The smallest absolute Gasteiger partial charge is 0.338 e. The first-order chi connectivity index (χ1) is 11.3. The number of hydrogen-bond donors (Lipinski definition) is 1. The topological polar surface area (TPSA) is 41.6 Å². The molecule has 0 spiro atoms. The summed E-state index contributed by atoms with van der Waals surface area (Å²) in [6.07, 6.45) is 0. The van der Waals surface area contributed by atoms with Gasteiger partial charge in [0.15, 0.2) is 0 Å². The molecule has 1 heterocycles. The fourth-order valence-corrected chi connectivity index (χ4v) is 2.68. The number of nitrogens with zero attached hydrogens (tertiary/aromatic N) is 1. The third kappa shape index (κ3) is 4.65. The number of rotatable bonds is 5. The van der Waals surface area contributed by atoms with Crippen molar-refractivity contribution in [1.29, 1.82) is 0 Å². The number of nitrogens with one attached hydrogen (secondary N) is 1. The molecule has 3 rings (SSSR count). The van der Waals surface area contributed by atoms with Crippen molar-refractivity contribution < 1.29 is 9.53 Å². The second-order valence-electron chi connectivity index (χ2n) is 5.78. The molecule has 2 aromatic rings. The molecular formula is C19H22N2O2. The Kier molecular flexibility index (Phi) is 5.40. The van der Waals surface area contributed by atoms with Gasteiger partial charge in [-0.15, -0.1) is 0 Å². The van der Waals surface area contributed by atoms with E-state index in [0.717, 1.165) is 38.3 Å². The van der Waals surface area contributed by atoms with E-state index < -0.39 is 0 Å². The minimum atomic E-state index is -0.275. The first-order valence-corrected chi connectivity index (χ1v) is 8.04. The van der Waals surface area contributed by atoms with Crippen molar-refractivity contribution in [1.82, 2.24) is 10.2 Å². The molecule has 0 amide bonds. The maximum absolute atomic E-state index is 12.1. The Morgan fingerprint density at radius 3 is 2.35 bits per heavy atom. The predicted molar refractivity (Wildman–Crippen MR) is 90.2 cm³/mol. The predicted octanol–water partition coefficient (Wildman–Crippen LogP) is 2.45. The summed E-state index contributed by atoms with van der Waals surface area (Å²) in [5.74, 6) is -0.275. The maximum atomic E-state index is 12.1. The molecule has 0 aromatic heterocycles. The van der Waals surface area contributed by atoms with Gasteiger partial charge in [0.05, 0.1) is 5.56 Å². The first-order valence-electron chi connectivity index (χ1n) is 8.04. The third-order valence-corrected chi connectivity index (χ3v) is 4.02. The molecule has 2 aromatic carbocycles. The molecule has 4 heteroatoms. The van der Waals surface area contributed by atoms with Gasteiger partial charge in [-0.2, -0.15) is 0 Å². The van der Waals surface area contributed by atoms with Crippen molar-refractivity contribution in [2.75, 3.05) is 26.2 Å². The van der Waals surface area contributed by atoms with Crippen molar-refractivity contribution in [3.05, 3.63) is 71.3 Å². The highest BCUT2D eigenvalue weighted by Gasteiger charge is 2.11. The zero-order valence-corrected chi connectivity index (χ0v) is 13.2. The Labute approximate surface area is 137 Å². The number of hydrogen-bond acceptors (Lipinski definition) is 4. The van der Waals surface area contributed by atoms with Crippen molar-refractivity contribution in [3.63, 3.8) is 0 Å². The number of esters is 1. The lowest BCUT2D eigenvalue weighted by molar-refractivity contribution is 0.0472. The van der Waals surface area contributed by atoms with E-state index in [1.54, 1.807) is 0 Å². The summed E-state index contributed by atoms with van der Waals surface area (Å²) in [6.45, 7) is 5.47. The molecular weight excluding hydrogens is 288 g/mol. The monoisotopic (exact) mass is 310 g/mol. The fourth-order valence-electron chi connectivity index (χ4n) is 2.68. The Morgan fingerprint density at radius 1 is 0.957 bits per heavy atom. The van der Waals surface area contributed by atoms with Crippen LogP contribution < -0.4 is 5.32 Å². The van der Waals surface area contributed by atoms with Crippen LogP contribution in [0, 0.1) is 0 Å². The van der Waals surface area contributed by atoms with Crippen LogP contribution in [-0.4, -0.2) is 37.0 Å². The van der Waals surface area contributed by atoms with E-state index >= 15 is 0 Å². The van der Waals surface area contributed by atoms with Crippen LogP contribution in [0.2, 0.25) is 0 Å². The van der Waals surface area contributed by atoms with E-state index in [1.807, 2.05) is 54.6 Å². The maximum Gasteiger partial charge on any atom is 0.338 e. The molecule has 0 unspecified atom stereocenters. The summed E-state index contributed by atoms with van der Waals surface area (Å²) < 4.78 is 5.35. The molecule has 0 bridgehead atoms. The Bertz CT molecular complexity index is 620. The van der Waals surface area contributed by atoms with Gasteiger partial charge in [0.2, 0.25) is 0 Å². The summed E-state index contributed by atoms with van der Waals surface area (Å²) in [4.78, 5) is 14.5. The summed E-state index contributed by atoms with van der Waals surface area (Å²) in [6, 6.07) is 17.5. The summed E-state index contributed by atoms with van der Waals surface area (Å²) in [5.41, 5.74) is 2.83. The Balaban J connectivity index is 1.52. The van der Waals surface area contributed by atoms with Gasteiger partial charge in [0.1, 0.15) is 6.61 Å². The fraction of sp³-hybridized carbons (Fsp3) is 0.316. The van der Waals surface area contributed by atoms with Gasteiger partial charge in [-0.3, -0.25) is 4.90 Å². The molecule has 4 nitrogen and oxygen atoms in total. The number of ether oxygens (including phenoxy) is 1. The van der Waals surface area contributed by atoms with Crippen LogP contribution in [0.5, 0.6) is 0 Å². The van der Waals surface area contributed by atoms with Crippen LogP contribution in [0.4, 0.5) is 0 Å². The van der Waals surface area contributed by atoms with Gasteiger partial charge in [-0.1, -0.05) is 42.5 Å². The van der Waals surface area contributed by atoms with Gasteiger partial charge >= 0.3 is 5.97 Å². The van der Waals surface area contributed by atoms with Crippen LogP contribution >= 0.6 is 0 Å². The van der Waals surface area contributed by atoms with Crippen LogP contribution in [0.3, 0.4) is 0 Å². The molecule has 0 saturated carbocycles. The summed E-state index contributed by atoms with van der Waals surface area (Å²) >= 11 is 0. The largest absolute Gasteiger partial charge is 0.457 e. The lowest BCUT2D eigenvalue weighted by atomic mass is 10.1. The second-order valence-corrected chi connectivity index (χ2v) is 5.78. The molecule has 23 heavy (non-hydrogen) atoms. The highest BCUT2D eigenvalue weighted by atomic mass is 16.5. The van der Waals surface area contributed by atoms with Crippen molar-refractivity contribution >= 4 is 5.97 Å². The molecule has 1 aliphatic heterocycles. The molecule has 1 aliphatic rings. The first kappa shape index (κ1) is 15.7. The third-order valence-electron chi connectivity index (χ3n) is 4.02. The zero-order valence-electron chi connectivity index (χ0n) is 13.2. The van der Waals surface area contributed by atoms with Gasteiger partial charge in [0, 0.05) is 32.7 Å². The molecule has 1 N–H and O–H groups in total. The van der Waals surface area contributed by atoms with Crippen molar-refractivity contribution in [3.8, 4) is 0 Å². The number of carbonyl (C=O) groups is 1. The number of benzene rings is 2. The molecule has 1 saturated heterocycles. The highest BCUT2D eigenvalue weighted by Crippen LogP contribution is 2.10. The van der Waals surface area contributed by atoms with Gasteiger partial charge in [0.25, 0.3) is 0 Å². The van der Waals surface area contributed by atoms with E-state index in [1.165, 1.54) is 5.56 Å². The van der Waals surface area contributed by atoms with Crippen molar-refractivity contribution in [2.45, 2.75) is 13.2 Å². The van der Waals surface area contributed by atoms with Gasteiger partial charge in [-0.25, -0.2) is 4.79 Å². The average molecular weight is 310 g/mol. The summed E-state index contributed by atoms with van der Waals surface area (Å²) in [5, 5.41) is 3.35. The molecule has 0 radical (unpaired) electrons. The highest BCUT2D eigenvalue weighted by molar-refractivity contribution is 5.89. The van der Waals surface area contributed by atoms with E-state index in [4.69, 9.17) is 4.74 Å². The molecule has 1 fully saturated rings. The quantitative estimate of drug-likeness (QED) is 0.861. The van der Waals surface area contributed by atoms with Crippen LogP contribution in [-0.2, 0) is 17.9 Å². The van der Waals surface area contributed by atoms with Crippen LogP contribution in [0.1, 0.15) is 21.5 Å². The van der Waals surface area contributed by atoms with E-state index in [2.05, 4.69) is 10.2 Å². The number of piperazine rings is 1. The SMILES string of the molecule is O=C(OCc1ccccc1)c1ccc(CN2CCNCC2)cc1. The minimum absolute atomic E-state index is 0.275. The summed E-state index contributed by atoms with van der Waals surface area (Å²) in [7, 11) is 0. The van der Waals surface area contributed by atoms with Gasteiger partial charge < -0.3 is 10.1 Å². The lowest BCUT2D eigenvalue weighted by Gasteiger charge is -2.27. The minimum Gasteiger partial charge on any atom is -0.457 e. The molecule has 120 valence electrons. The Morgan fingerprint density at radius 2 is 1.65 bits per heavy atom. The number of carbonyl (C=O) groups excluding carboxylic acids is 1. The molecule has 0 aliphatic carbocycles. The van der Waals surface area contributed by atoms with E-state index in [9.17, 15) is 4.79 Å². The van der Waals surface area contributed by atoms with Crippen molar-refractivity contribution in [2.24, 2.45) is 0 Å². The van der Waals surface area contributed by atoms with E-state index in [-0.39, 0.29) is 5.97 Å². The zero-order chi connectivity index (χ0) is 15.9. The average Bonchev–Trinajstić information content (AvgIpc) is 2.62. The van der Waals surface area contributed by atoms with Crippen LogP contribution in [0.15, 0.2) is 54.6 Å². The second kappa shape index (κ2) is 7.90. The Hall–Kier alpha value is -2.17. The molecule has 0 atom stereocenters. The van der Waals surface area contributed by atoms with Gasteiger partial charge in [-0.05, 0) is 23.3 Å².